The quantitative estimate of drug-likeness (QED) is 0.519. The molecule has 2 heteroatoms. The van der Waals surface area contributed by atoms with E-state index in [1.165, 1.54) is 0 Å². The van der Waals surface area contributed by atoms with Crippen molar-refractivity contribution in [3.8, 4) is 0 Å². The van der Waals surface area contributed by atoms with Crippen molar-refractivity contribution in [1.29, 1.82) is 0 Å². The van der Waals surface area contributed by atoms with Gasteiger partial charge in [0.25, 0.3) is 0 Å². The van der Waals surface area contributed by atoms with Gasteiger partial charge in [0.2, 0.25) is 6.41 Å². The molecule has 53 valence electrons. The van der Waals surface area contributed by atoms with Crippen molar-refractivity contribution in [2.24, 2.45) is 0 Å². The molecule has 0 heterocycles. The van der Waals surface area contributed by atoms with Crippen molar-refractivity contribution in [3.05, 3.63) is 6.92 Å². The fourth-order valence-corrected chi connectivity index (χ4v) is 0.611. The number of amides is 1. The van der Waals surface area contributed by atoms with E-state index < -0.39 is 0 Å². The lowest BCUT2D eigenvalue weighted by atomic mass is 10.2. The van der Waals surface area contributed by atoms with Crippen LogP contribution in [-0.4, -0.2) is 23.9 Å². The van der Waals surface area contributed by atoms with Gasteiger partial charge in [-0.15, -0.1) is 0 Å². The first kappa shape index (κ1) is 8.47. The second kappa shape index (κ2) is 4.36. The van der Waals surface area contributed by atoms with Crippen LogP contribution in [0, 0.1) is 6.92 Å². The zero-order valence-electron chi connectivity index (χ0n) is 6.13. The number of carbonyl (C=O) groups excluding carboxylic acids is 1. The average molecular weight is 128 g/mol. The van der Waals surface area contributed by atoms with E-state index >= 15 is 0 Å². The molecule has 0 aliphatic heterocycles. The van der Waals surface area contributed by atoms with Crippen LogP contribution < -0.4 is 0 Å². The molecule has 0 aliphatic rings. The van der Waals surface area contributed by atoms with Gasteiger partial charge in [0.15, 0.2) is 0 Å². The molecule has 0 aromatic heterocycles. The van der Waals surface area contributed by atoms with Crippen LogP contribution >= 0.6 is 0 Å². The lowest BCUT2D eigenvalue weighted by molar-refractivity contribution is -0.119. The molecule has 0 saturated carbocycles. The maximum absolute atomic E-state index is 10.2. The minimum Gasteiger partial charge on any atom is -0.343 e. The topological polar surface area (TPSA) is 20.3 Å². The minimum atomic E-state index is 0.333. The molecular weight excluding hydrogens is 114 g/mol. The van der Waals surface area contributed by atoms with Crippen molar-refractivity contribution < 1.29 is 4.79 Å². The van der Waals surface area contributed by atoms with Crippen LogP contribution in [-0.2, 0) is 4.79 Å². The number of hydrogen-bond acceptors (Lipinski definition) is 1. The highest BCUT2D eigenvalue weighted by Gasteiger charge is 2.04. The molecule has 0 aromatic rings. The molecule has 9 heavy (non-hydrogen) atoms. The summed E-state index contributed by atoms with van der Waals surface area (Å²) in [5, 5.41) is 0. The summed E-state index contributed by atoms with van der Waals surface area (Å²) in [4.78, 5) is 11.9. The lowest BCUT2D eigenvalue weighted by Gasteiger charge is -2.21. The van der Waals surface area contributed by atoms with Gasteiger partial charge in [-0.3, -0.25) is 4.79 Å². The van der Waals surface area contributed by atoms with Crippen LogP contribution in [0.15, 0.2) is 0 Å². The van der Waals surface area contributed by atoms with E-state index in [9.17, 15) is 4.79 Å². The summed E-state index contributed by atoms with van der Waals surface area (Å²) in [5.41, 5.74) is 0. The predicted molar refractivity (Wildman–Crippen MR) is 37.9 cm³/mol. The van der Waals surface area contributed by atoms with Crippen molar-refractivity contribution in [3.63, 3.8) is 0 Å². The van der Waals surface area contributed by atoms with Gasteiger partial charge in [-0.25, -0.2) is 0 Å². The van der Waals surface area contributed by atoms with Gasteiger partial charge in [-0.2, -0.15) is 0 Å². The summed E-state index contributed by atoms with van der Waals surface area (Å²) in [5.74, 6) is 0. The van der Waals surface area contributed by atoms with Gasteiger partial charge in [-0.1, -0.05) is 6.92 Å². The van der Waals surface area contributed by atoms with Crippen LogP contribution in [0.4, 0.5) is 0 Å². The second-order valence-corrected chi connectivity index (χ2v) is 2.10. The average Bonchev–Trinajstić information content (AvgIpc) is 1.90. The third-order valence-corrected chi connectivity index (χ3v) is 1.55. The number of nitrogens with zero attached hydrogens (tertiary/aromatic N) is 1. The van der Waals surface area contributed by atoms with Gasteiger partial charge < -0.3 is 4.90 Å². The molecule has 0 N–H and O–H groups in total. The Morgan fingerprint density at radius 3 is 2.44 bits per heavy atom. The SMILES string of the molecule is [CH2]CN(C=O)C(C)CC. The standard InChI is InChI=1S/C7H14NO/c1-4-7(3)8(5-2)6-9/h6-7H,2,4-5H2,1,3H3. The Morgan fingerprint density at radius 2 is 2.33 bits per heavy atom. The lowest BCUT2D eigenvalue weighted by Crippen LogP contribution is -2.30. The molecule has 0 rings (SSSR count). The fraction of sp³-hybridized carbons (Fsp3) is 0.714. The Morgan fingerprint density at radius 1 is 1.78 bits per heavy atom. The number of carbonyl (C=O) groups is 1. The van der Waals surface area contributed by atoms with E-state index in [1.807, 2.05) is 6.92 Å². The molecule has 0 bridgehead atoms. The van der Waals surface area contributed by atoms with Crippen LogP contribution in [0.1, 0.15) is 20.3 Å². The Balaban J connectivity index is 3.63. The molecule has 2 nitrogen and oxygen atoms in total. The first-order valence-electron chi connectivity index (χ1n) is 3.26. The van der Waals surface area contributed by atoms with Crippen molar-refractivity contribution >= 4 is 6.41 Å². The van der Waals surface area contributed by atoms with E-state index in [1.54, 1.807) is 4.90 Å². The first-order valence-corrected chi connectivity index (χ1v) is 3.26. The molecule has 0 fully saturated rings. The van der Waals surface area contributed by atoms with Crippen molar-refractivity contribution in [1.82, 2.24) is 4.90 Å². The highest BCUT2D eigenvalue weighted by Crippen LogP contribution is 1.97. The number of hydrogen-bond donors (Lipinski definition) is 0. The maximum Gasteiger partial charge on any atom is 0.209 e. The predicted octanol–water partition coefficient (Wildman–Crippen LogP) is 1.08. The highest BCUT2D eigenvalue weighted by molar-refractivity contribution is 5.47. The normalized spacial score (nSPS) is 12.8. The highest BCUT2D eigenvalue weighted by atomic mass is 16.1. The first-order chi connectivity index (χ1) is 4.26. The summed E-state index contributed by atoms with van der Waals surface area (Å²) in [7, 11) is 0. The molecule has 1 amide bonds. The Bertz CT molecular complexity index is 83.0. The van der Waals surface area contributed by atoms with Crippen LogP contribution in [0.3, 0.4) is 0 Å². The summed E-state index contributed by atoms with van der Waals surface area (Å²) in [6.07, 6.45) is 1.84. The second-order valence-electron chi connectivity index (χ2n) is 2.10. The smallest absolute Gasteiger partial charge is 0.209 e. The van der Waals surface area contributed by atoms with Gasteiger partial charge in [-0.05, 0) is 20.3 Å². The molecular formula is C7H14NO. The molecule has 1 atom stereocenters. The minimum absolute atomic E-state index is 0.333. The summed E-state index contributed by atoms with van der Waals surface area (Å²) >= 11 is 0. The summed E-state index contributed by atoms with van der Waals surface area (Å²) in [6.45, 7) is 8.25. The number of rotatable bonds is 4. The van der Waals surface area contributed by atoms with Gasteiger partial charge in [0.1, 0.15) is 0 Å². The van der Waals surface area contributed by atoms with E-state index in [-0.39, 0.29) is 0 Å². The van der Waals surface area contributed by atoms with E-state index in [0.29, 0.717) is 12.6 Å². The Hall–Kier alpha value is -0.530. The van der Waals surface area contributed by atoms with Crippen LogP contribution in [0.2, 0.25) is 0 Å². The third kappa shape index (κ3) is 2.49. The Labute approximate surface area is 56.9 Å². The fourth-order valence-electron chi connectivity index (χ4n) is 0.611. The van der Waals surface area contributed by atoms with Crippen molar-refractivity contribution in [2.75, 3.05) is 6.54 Å². The van der Waals surface area contributed by atoms with E-state index in [2.05, 4.69) is 13.8 Å². The van der Waals surface area contributed by atoms with E-state index in [4.69, 9.17) is 0 Å². The van der Waals surface area contributed by atoms with Gasteiger partial charge in [0, 0.05) is 12.6 Å². The molecule has 0 spiro atoms. The largest absolute Gasteiger partial charge is 0.343 e. The van der Waals surface area contributed by atoms with Gasteiger partial charge >= 0.3 is 0 Å². The summed E-state index contributed by atoms with van der Waals surface area (Å²) in [6, 6.07) is 0.333. The molecule has 1 radical (unpaired) electrons. The maximum atomic E-state index is 10.2. The zero-order valence-corrected chi connectivity index (χ0v) is 6.13. The van der Waals surface area contributed by atoms with Gasteiger partial charge in [0.05, 0.1) is 0 Å². The zero-order chi connectivity index (χ0) is 7.28. The van der Waals surface area contributed by atoms with Crippen LogP contribution in [0.25, 0.3) is 0 Å². The molecule has 1 unspecified atom stereocenters. The van der Waals surface area contributed by atoms with Crippen molar-refractivity contribution in [2.45, 2.75) is 26.3 Å². The molecule has 0 aliphatic carbocycles. The Kier molecular flexibility index (Phi) is 4.10. The third-order valence-electron chi connectivity index (χ3n) is 1.55. The molecule has 0 aromatic carbocycles. The van der Waals surface area contributed by atoms with E-state index in [0.717, 1.165) is 12.8 Å². The van der Waals surface area contributed by atoms with Crippen LogP contribution in [0.5, 0.6) is 0 Å². The summed E-state index contributed by atoms with van der Waals surface area (Å²) < 4.78 is 0. The monoisotopic (exact) mass is 128 g/mol. The molecule has 0 saturated heterocycles.